The van der Waals surface area contributed by atoms with E-state index in [2.05, 4.69) is 22.1 Å². The predicted octanol–water partition coefficient (Wildman–Crippen LogP) is 3.37. The van der Waals surface area contributed by atoms with Gasteiger partial charge < -0.3 is 5.32 Å². The molecule has 1 aromatic carbocycles. The third kappa shape index (κ3) is 4.69. The normalized spacial score (nSPS) is 15.3. The van der Waals surface area contributed by atoms with Crippen LogP contribution in [0.4, 0.5) is 10.8 Å². The van der Waals surface area contributed by atoms with Gasteiger partial charge in [0.1, 0.15) is 0 Å². The zero-order valence-corrected chi connectivity index (χ0v) is 17.4. The summed E-state index contributed by atoms with van der Waals surface area (Å²) >= 11 is 2.33. The predicted molar refractivity (Wildman–Crippen MR) is 108 cm³/mol. The van der Waals surface area contributed by atoms with Crippen LogP contribution in [0.1, 0.15) is 19.3 Å². The van der Waals surface area contributed by atoms with Crippen molar-refractivity contribution in [3.63, 3.8) is 0 Å². The minimum absolute atomic E-state index is 0.0592. The molecule has 0 spiro atoms. The summed E-state index contributed by atoms with van der Waals surface area (Å²) in [7, 11) is -3.74. The van der Waals surface area contributed by atoms with Crippen LogP contribution in [0.25, 0.3) is 0 Å². The second-order valence-electron chi connectivity index (χ2n) is 6.00. The van der Waals surface area contributed by atoms with Crippen LogP contribution in [0.3, 0.4) is 0 Å². The highest BCUT2D eigenvalue weighted by molar-refractivity contribution is 8.01. The Bertz CT molecular complexity index is 970. The van der Waals surface area contributed by atoms with Gasteiger partial charge in [0.2, 0.25) is 15.2 Å². The Morgan fingerprint density at radius 2 is 2.07 bits per heavy atom. The van der Waals surface area contributed by atoms with Gasteiger partial charge >= 0.3 is 0 Å². The maximum absolute atomic E-state index is 12.8. The number of anilines is 1. The van der Waals surface area contributed by atoms with Gasteiger partial charge in [-0.2, -0.15) is 4.31 Å². The van der Waals surface area contributed by atoms with E-state index in [0.29, 0.717) is 34.0 Å². The van der Waals surface area contributed by atoms with Crippen LogP contribution < -0.4 is 5.32 Å². The highest BCUT2D eigenvalue weighted by Gasteiger charge is 2.29. The van der Waals surface area contributed by atoms with Gasteiger partial charge in [0, 0.05) is 25.7 Å². The van der Waals surface area contributed by atoms with Crippen molar-refractivity contribution in [3.8, 4) is 0 Å². The van der Waals surface area contributed by atoms with Crippen LogP contribution in [-0.2, 0) is 10.0 Å². The number of sulfonamides is 1. The molecule has 12 heteroatoms. The lowest BCUT2D eigenvalue weighted by molar-refractivity contribution is -0.388. The molecular formula is C16H19N5O4S3. The highest BCUT2D eigenvalue weighted by Crippen LogP contribution is 2.38. The second kappa shape index (κ2) is 8.99. The van der Waals surface area contributed by atoms with Crippen molar-refractivity contribution in [2.45, 2.75) is 33.4 Å². The molecule has 2 heterocycles. The molecule has 0 aliphatic carbocycles. The Hall–Kier alpha value is -2.02. The maximum Gasteiger partial charge on any atom is 0.284 e. The largest absolute Gasteiger partial charge is 0.357 e. The fourth-order valence-electron chi connectivity index (χ4n) is 2.72. The second-order valence-corrected chi connectivity index (χ2v) is 10.2. The fourth-order valence-corrected chi connectivity index (χ4v) is 6.06. The lowest BCUT2D eigenvalue weighted by Crippen LogP contribution is -2.35. The molecule has 1 fully saturated rings. The number of hydrogen-bond acceptors (Lipinski definition) is 9. The van der Waals surface area contributed by atoms with Crippen LogP contribution in [0, 0.1) is 10.1 Å². The number of aromatic nitrogens is 2. The first-order valence-electron chi connectivity index (χ1n) is 8.56. The van der Waals surface area contributed by atoms with Gasteiger partial charge in [0.15, 0.2) is 4.34 Å². The van der Waals surface area contributed by atoms with Gasteiger partial charge in [-0.25, -0.2) is 8.42 Å². The first kappa shape index (κ1) is 20.7. The number of nitro benzene ring substituents is 1. The minimum atomic E-state index is -3.74. The topological polar surface area (TPSA) is 118 Å². The molecule has 1 aliphatic heterocycles. The summed E-state index contributed by atoms with van der Waals surface area (Å²) < 4.78 is 27.5. The number of piperidine rings is 1. The third-order valence-electron chi connectivity index (χ3n) is 4.08. The van der Waals surface area contributed by atoms with Gasteiger partial charge in [-0.3, -0.25) is 10.1 Å². The van der Waals surface area contributed by atoms with E-state index >= 15 is 0 Å². The van der Waals surface area contributed by atoms with Crippen molar-refractivity contribution in [2.24, 2.45) is 0 Å². The molecule has 0 bridgehead atoms. The molecule has 9 nitrogen and oxygen atoms in total. The quantitative estimate of drug-likeness (QED) is 0.376. The third-order valence-corrected chi connectivity index (χ3v) is 7.97. The van der Waals surface area contributed by atoms with Crippen LogP contribution in [-0.4, -0.2) is 47.5 Å². The summed E-state index contributed by atoms with van der Waals surface area (Å²) in [5, 5.41) is 23.1. The van der Waals surface area contributed by atoms with Crippen molar-refractivity contribution >= 4 is 43.9 Å². The SMILES string of the molecule is C=CCNc1nnc(Sc2ccc(S(=O)(=O)N3CCCCC3)cc2[N+](=O)[O-])s1. The molecular weight excluding hydrogens is 422 g/mol. The molecule has 28 heavy (non-hydrogen) atoms. The molecule has 1 saturated heterocycles. The van der Waals surface area contributed by atoms with Gasteiger partial charge in [-0.05, 0) is 36.7 Å². The molecule has 0 amide bonds. The molecule has 2 aromatic rings. The zero-order chi connectivity index (χ0) is 20.1. The van der Waals surface area contributed by atoms with E-state index in [0.717, 1.165) is 37.1 Å². The first-order valence-corrected chi connectivity index (χ1v) is 11.6. The lowest BCUT2D eigenvalue weighted by atomic mass is 10.2. The molecule has 1 aliphatic rings. The van der Waals surface area contributed by atoms with Crippen molar-refractivity contribution < 1.29 is 13.3 Å². The van der Waals surface area contributed by atoms with E-state index in [4.69, 9.17) is 0 Å². The van der Waals surface area contributed by atoms with E-state index in [1.165, 1.54) is 27.8 Å². The lowest BCUT2D eigenvalue weighted by Gasteiger charge is -2.25. The summed E-state index contributed by atoms with van der Waals surface area (Å²) in [6.45, 7) is 5.02. The van der Waals surface area contributed by atoms with Gasteiger partial charge in [0.05, 0.1) is 14.7 Å². The Morgan fingerprint density at radius 3 is 2.75 bits per heavy atom. The monoisotopic (exact) mass is 441 g/mol. The summed E-state index contributed by atoms with van der Waals surface area (Å²) in [6, 6.07) is 4.00. The molecule has 0 atom stereocenters. The summed E-state index contributed by atoms with van der Waals surface area (Å²) in [6.07, 6.45) is 4.27. The number of hydrogen-bond donors (Lipinski definition) is 1. The van der Waals surface area contributed by atoms with E-state index in [9.17, 15) is 18.5 Å². The Morgan fingerprint density at radius 1 is 1.32 bits per heavy atom. The summed E-state index contributed by atoms with van der Waals surface area (Å²) in [5.41, 5.74) is -0.265. The zero-order valence-electron chi connectivity index (χ0n) is 14.9. The fraction of sp³-hybridized carbons (Fsp3) is 0.375. The van der Waals surface area contributed by atoms with Crippen molar-refractivity contribution in [2.75, 3.05) is 25.0 Å². The molecule has 0 unspecified atom stereocenters. The summed E-state index contributed by atoms with van der Waals surface area (Å²) in [4.78, 5) is 11.2. The standard InChI is InChI=1S/C16H19N5O4S3/c1-2-8-17-15-18-19-16(27-15)26-14-7-6-12(11-13(14)21(22)23)28(24,25)20-9-4-3-5-10-20/h2,6-7,11H,1,3-5,8-10H2,(H,17,18). The van der Waals surface area contributed by atoms with Crippen LogP contribution >= 0.6 is 23.1 Å². The first-order chi connectivity index (χ1) is 13.4. The number of nitrogens with zero attached hydrogens (tertiary/aromatic N) is 4. The smallest absolute Gasteiger partial charge is 0.284 e. The van der Waals surface area contributed by atoms with Crippen molar-refractivity contribution in [1.29, 1.82) is 0 Å². The van der Waals surface area contributed by atoms with Crippen LogP contribution in [0.5, 0.6) is 0 Å². The van der Waals surface area contributed by atoms with Crippen LogP contribution in [0.15, 0.2) is 45.0 Å². The number of nitrogens with one attached hydrogen (secondary N) is 1. The van der Waals surface area contributed by atoms with E-state index in [1.807, 2.05) is 0 Å². The number of nitro groups is 1. The molecule has 3 rings (SSSR count). The van der Waals surface area contributed by atoms with E-state index < -0.39 is 14.9 Å². The Kier molecular flexibility index (Phi) is 6.65. The summed E-state index contributed by atoms with van der Waals surface area (Å²) in [5.74, 6) is 0. The Balaban J connectivity index is 1.86. The Labute approximate surface area is 171 Å². The number of benzene rings is 1. The molecule has 150 valence electrons. The van der Waals surface area contributed by atoms with Crippen molar-refractivity contribution in [3.05, 3.63) is 41.0 Å². The molecule has 0 saturated carbocycles. The van der Waals surface area contributed by atoms with Crippen LogP contribution in [0.2, 0.25) is 0 Å². The van der Waals surface area contributed by atoms with Gasteiger partial charge in [0.25, 0.3) is 5.69 Å². The number of rotatable bonds is 8. The van der Waals surface area contributed by atoms with E-state index in [-0.39, 0.29) is 10.6 Å². The highest BCUT2D eigenvalue weighted by atomic mass is 32.2. The van der Waals surface area contributed by atoms with Gasteiger partial charge in [-0.15, -0.1) is 16.8 Å². The molecule has 1 aromatic heterocycles. The van der Waals surface area contributed by atoms with E-state index in [1.54, 1.807) is 6.08 Å². The van der Waals surface area contributed by atoms with Gasteiger partial charge in [-0.1, -0.05) is 23.8 Å². The average molecular weight is 442 g/mol. The molecule has 0 radical (unpaired) electrons. The maximum atomic E-state index is 12.8. The minimum Gasteiger partial charge on any atom is -0.357 e. The molecule has 1 N–H and O–H groups in total. The van der Waals surface area contributed by atoms with Crippen molar-refractivity contribution in [1.82, 2.24) is 14.5 Å². The average Bonchev–Trinajstić information content (AvgIpc) is 3.14.